The van der Waals surface area contributed by atoms with Gasteiger partial charge in [0, 0.05) is 40.1 Å². The van der Waals surface area contributed by atoms with Crippen molar-refractivity contribution in [2.24, 2.45) is 0 Å². The van der Waals surface area contributed by atoms with Crippen LogP contribution in [0.15, 0.2) is 0 Å². The Hall–Kier alpha value is 0.680. The molecule has 0 bridgehead atoms. The number of thioether (sulfide) groups is 1. The highest BCUT2D eigenvalue weighted by Gasteiger charge is 2.38. The van der Waals surface area contributed by atoms with E-state index in [4.69, 9.17) is 4.74 Å². The largest absolute Gasteiger partial charge is 0.379 e. The Labute approximate surface area is 197 Å². The van der Waals surface area contributed by atoms with Gasteiger partial charge in [0.15, 0.2) is 5.12 Å². The Morgan fingerprint density at radius 2 is 1.17 bits per heavy atom. The van der Waals surface area contributed by atoms with Crippen LogP contribution in [0, 0.1) is 0 Å². The number of carbonyl (C=O) groups excluding carboxylic acids is 1. The summed E-state index contributed by atoms with van der Waals surface area (Å²) in [5.41, 5.74) is 0. The average molecular weight is 481 g/mol. The van der Waals surface area contributed by atoms with E-state index < -0.39 is 7.42 Å². The van der Waals surface area contributed by atoms with Crippen molar-refractivity contribution in [3.63, 3.8) is 0 Å². The predicted molar refractivity (Wildman–Crippen MR) is 141 cm³/mol. The second-order valence-corrected chi connectivity index (χ2v) is 16.3. The third-order valence-corrected chi connectivity index (χ3v) is 12.1. The molecule has 0 aliphatic rings. The standard InChI is InChI=1S/C23H49N2O2PS2/c1-14-21(26)29-22(10,11)15-27-16-23(12,13)30-28(24(17(2)3)18(4)5)25(19(6)7)20(8)9/h17-20H,14-16H2,1-13H3. The molecule has 0 aliphatic heterocycles. The van der Waals surface area contributed by atoms with Crippen LogP contribution >= 0.6 is 30.6 Å². The summed E-state index contributed by atoms with van der Waals surface area (Å²) in [6, 6.07) is 1.93. The summed E-state index contributed by atoms with van der Waals surface area (Å²) in [6.45, 7) is 30.4. The molecule has 0 atom stereocenters. The van der Waals surface area contributed by atoms with Crippen molar-refractivity contribution in [1.82, 2.24) is 9.34 Å². The zero-order valence-corrected chi connectivity index (χ0v) is 24.4. The van der Waals surface area contributed by atoms with E-state index in [0.29, 0.717) is 43.8 Å². The van der Waals surface area contributed by atoms with E-state index in [1.54, 1.807) is 0 Å². The van der Waals surface area contributed by atoms with E-state index in [9.17, 15) is 4.79 Å². The van der Waals surface area contributed by atoms with E-state index in [1.807, 2.05) is 6.92 Å². The van der Waals surface area contributed by atoms with Gasteiger partial charge in [0.25, 0.3) is 0 Å². The number of hydrogen-bond donors (Lipinski definition) is 0. The minimum absolute atomic E-state index is 0.0225. The van der Waals surface area contributed by atoms with E-state index in [1.165, 1.54) is 11.8 Å². The molecule has 4 nitrogen and oxygen atoms in total. The van der Waals surface area contributed by atoms with Gasteiger partial charge in [-0.15, -0.1) is 0 Å². The molecule has 0 unspecified atom stereocenters. The maximum absolute atomic E-state index is 11.8. The van der Waals surface area contributed by atoms with Crippen LogP contribution in [-0.2, 0) is 9.53 Å². The fourth-order valence-corrected chi connectivity index (χ4v) is 11.2. The average Bonchev–Trinajstić information content (AvgIpc) is 2.51. The maximum Gasteiger partial charge on any atom is 0.189 e. The van der Waals surface area contributed by atoms with Crippen LogP contribution in [-0.4, -0.2) is 61.3 Å². The van der Waals surface area contributed by atoms with Crippen molar-refractivity contribution in [1.29, 1.82) is 0 Å². The Balaban J connectivity index is 5.42. The van der Waals surface area contributed by atoms with Crippen LogP contribution in [0.4, 0.5) is 0 Å². The van der Waals surface area contributed by atoms with Crippen molar-refractivity contribution in [3.05, 3.63) is 0 Å². The van der Waals surface area contributed by atoms with E-state index in [0.717, 1.165) is 0 Å². The van der Waals surface area contributed by atoms with Crippen LogP contribution in [0.5, 0.6) is 0 Å². The lowest BCUT2D eigenvalue weighted by Crippen LogP contribution is -2.43. The minimum atomic E-state index is -0.551. The van der Waals surface area contributed by atoms with Gasteiger partial charge in [-0.05, 0) is 83.1 Å². The van der Waals surface area contributed by atoms with Crippen LogP contribution in [0.1, 0.15) is 96.4 Å². The molecular formula is C23H49N2O2PS2. The molecule has 0 aromatic heterocycles. The van der Waals surface area contributed by atoms with Crippen molar-refractivity contribution >= 4 is 35.7 Å². The molecule has 0 aliphatic carbocycles. The highest BCUT2D eigenvalue weighted by atomic mass is 32.7. The van der Waals surface area contributed by atoms with Crippen molar-refractivity contribution < 1.29 is 9.53 Å². The second-order valence-electron chi connectivity index (χ2n) is 10.3. The first-order valence-corrected chi connectivity index (χ1v) is 14.9. The fraction of sp³-hybridized carbons (Fsp3) is 0.957. The first-order valence-electron chi connectivity index (χ1n) is 11.4. The Morgan fingerprint density at radius 1 is 0.800 bits per heavy atom. The first-order chi connectivity index (χ1) is 13.5. The molecule has 0 saturated carbocycles. The summed E-state index contributed by atoms with van der Waals surface area (Å²) in [5, 5.41) is 0.231. The number of carbonyl (C=O) groups is 1. The van der Waals surface area contributed by atoms with Crippen molar-refractivity contribution in [2.45, 2.75) is 130 Å². The molecule has 0 aromatic carbocycles. The van der Waals surface area contributed by atoms with Gasteiger partial charge >= 0.3 is 0 Å². The van der Waals surface area contributed by atoms with E-state index >= 15 is 0 Å². The molecule has 30 heavy (non-hydrogen) atoms. The highest BCUT2D eigenvalue weighted by molar-refractivity contribution is 8.54. The van der Waals surface area contributed by atoms with Crippen LogP contribution in [0.25, 0.3) is 0 Å². The molecule has 0 saturated heterocycles. The second kappa shape index (κ2) is 13.4. The van der Waals surface area contributed by atoms with Gasteiger partial charge in [-0.2, -0.15) is 0 Å². The molecule has 0 spiro atoms. The monoisotopic (exact) mass is 480 g/mol. The van der Waals surface area contributed by atoms with E-state index in [2.05, 4.69) is 104 Å². The number of rotatable bonds is 14. The molecule has 180 valence electrons. The summed E-state index contributed by atoms with van der Waals surface area (Å²) in [6.07, 6.45) is 0.570. The number of nitrogens with zero attached hydrogens (tertiary/aromatic N) is 2. The normalized spacial score (nSPS) is 13.9. The lowest BCUT2D eigenvalue weighted by atomic mass is 10.2. The SMILES string of the molecule is CCC(=O)SC(C)(C)COCC(C)(C)SP(N(C(C)C)C(C)C)N(C(C)C)C(C)C. The molecule has 0 aromatic rings. The number of hydrogen-bond acceptors (Lipinski definition) is 6. The molecular weight excluding hydrogens is 431 g/mol. The summed E-state index contributed by atoms with van der Waals surface area (Å²) in [4.78, 5) is 11.8. The molecule has 0 rings (SSSR count). The Kier molecular flexibility index (Phi) is 13.7. The minimum Gasteiger partial charge on any atom is -0.379 e. The van der Waals surface area contributed by atoms with Crippen LogP contribution in [0.3, 0.4) is 0 Å². The first kappa shape index (κ1) is 30.7. The topological polar surface area (TPSA) is 32.8 Å². The Morgan fingerprint density at radius 3 is 1.50 bits per heavy atom. The van der Waals surface area contributed by atoms with Gasteiger partial charge in [-0.1, -0.05) is 30.1 Å². The van der Waals surface area contributed by atoms with Crippen LogP contribution < -0.4 is 0 Å². The smallest absolute Gasteiger partial charge is 0.189 e. The molecule has 0 radical (unpaired) electrons. The van der Waals surface area contributed by atoms with Crippen LogP contribution in [0.2, 0.25) is 0 Å². The zero-order valence-electron chi connectivity index (χ0n) is 21.9. The fourth-order valence-electron chi connectivity index (χ4n) is 3.40. The van der Waals surface area contributed by atoms with Gasteiger partial charge in [-0.25, -0.2) is 0 Å². The molecule has 7 heteroatoms. The lowest BCUT2D eigenvalue weighted by Gasteiger charge is -2.48. The van der Waals surface area contributed by atoms with Crippen molar-refractivity contribution in [2.75, 3.05) is 13.2 Å². The quantitative estimate of drug-likeness (QED) is 0.240. The van der Waals surface area contributed by atoms with Gasteiger partial charge in [0.2, 0.25) is 0 Å². The highest BCUT2D eigenvalue weighted by Crippen LogP contribution is 2.63. The van der Waals surface area contributed by atoms with Gasteiger partial charge in [0.05, 0.1) is 13.2 Å². The molecule has 0 heterocycles. The van der Waals surface area contributed by atoms with Crippen molar-refractivity contribution in [3.8, 4) is 0 Å². The van der Waals surface area contributed by atoms with E-state index in [-0.39, 0.29) is 14.6 Å². The van der Waals surface area contributed by atoms with Gasteiger partial charge in [-0.3, -0.25) is 14.1 Å². The lowest BCUT2D eigenvalue weighted by molar-refractivity contribution is -0.110. The maximum atomic E-state index is 11.8. The zero-order chi connectivity index (χ0) is 23.9. The van der Waals surface area contributed by atoms with Gasteiger partial charge in [0.1, 0.15) is 7.42 Å². The summed E-state index contributed by atoms with van der Waals surface area (Å²) in [5.74, 6) is 0. The molecule has 0 amide bonds. The summed E-state index contributed by atoms with van der Waals surface area (Å²) >= 11 is 3.47. The third kappa shape index (κ3) is 11.0. The summed E-state index contributed by atoms with van der Waals surface area (Å²) in [7, 11) is -0.551. The summed E-state index contributed by atoms with van der Waals surface area (Å²) < 4.78 is 11.3. The van der Waals surface area contributed by atoms with Gasteiger partial charge < -0.3 is 4.74 Å². The molecule has 0 fully saturated rings. The Bertz CT molecular complexity index is 475. The predicted octanol–water partition coefficient (Wildman–Crippen LogP) is 7.43. The molecule has 0 N–H and O–H groups in total. The number of ether oxygens (including phenoxy) is 1. The third-order valence-electron chi connectivity index (χ3n) is 4.42.